The predicted octanol–water partition coefficient (Wildman–Crippen LogP) is 4.12. The molecule has 3 aliphatic carbocycles. The van der Waals surface area contributed by atoms with Crippen molar-refractivity contribution in [2.24, 2.45) is 23.2 Å². The number of fused-ring (bicyclic) bond motifs is 3. The van der Waals surface area contributed by atoms with Gasteiger partial charge in [0.15, 0.2) is 0 Å². The highest BCUT2D eigenvalue weighted by Gasteiger charge is 2.53. The Labute approximate surface area is 211 Å². The van der Waals surface area contributed by atoms with Crippen molar-refractivity contribution >= 4 is 29.2 Å². The maximum Gasteiger partial charge on any atom is 0.271 e. The van der Waals surface area contributed by atoms with Crippen LogP contribution in [0, 0.1) is 33.3 Å². The van der Waals surface area contributed by atoms with Crippen molar-refractivity contribution in [3.05, 3.63) is 33.9 Å². The van der Waals surface area contributed by atoms with Crippen molar-refractivity contribution in [2.75, 3.05) is 41.7 Å². The summed E-state index contributed by atoms with van der Waals surface area (Å²) in [6, 6.07) is 5.37. The summed E-state index contributed by atoms with van der Waals surface area (Å²) in [5.74, 6) is 3.94. The normalized spacial score (nSPS) is 26.7. The van der Waals surface area contributed by atoms with Crippen molar-refractivity contribution in [2.45, 2.75) is 58.4 Å². The number of hydrogen-bond acceptors (Lipinski definition) is 9. The predicted molar refractivity (Wildman–Crippen MR) is 140 cm³/mol. The van der Waals surface area contributed by atoms with E-state index >= 15 is 0 Å². The van der Waals surface area contributed by atoms with Crippen LogP contribution in [-0.2, 0) is 6.42 Å². The van der Waals surface area contributed by atoms with Crippen LogP contribution >= 0.6 is 0 Å². The van der Waals surface area contributed by atoms with E-state index in [1.54, 1.807) is 12.1 Å². The number of aromatic nitrogens is 3. The molecule has 1 aromatic heterocycles. The minimum absolute atomic E-state index is 0.0832. The molecular weight excluding hydrogens is 456 g/mol. The van der Waals surface area contributed by atoms with Crippen LogP contribution in [0.5, 0.6) is 0 Å². The Morgan fingerprint density at radius 1 is 1.14 bits per heavy atom. The van der Waals surface area contributed by atoms with E-state index in [0.717, 1.165) is 62.0 Å². The van der Waals surface area contributed by atoms with Crippen molar-refractivity contribution in [1.29, 1.82) is 0 Å². The van der Waals surface area contributed by atoms with E-state index in [2.05, 4.69) is 29.8 Å². The fourth-order valence-corrected chi connectivity index (χ4v) is 6.90. The molecular formula is C26H36N8O2. The number of nitrogens with zero attached hydrogens (tertiary/aromatic N) is 5. The Morgan fingerprint density at radius 2 is 1.94 bits per heavy atom. The second-order valence-corrected chi connectivity index (χ2v) is 11.5. The highest BCUT2D eigenvalue weighted by atomic mass is 16.6. The first-order valence-corrected chi connectivity index (χ1v) is 13.4. The Bertz CT molecular complexity index is 1150. The molecule has 36 heavy (non-hydrogen) atoms. The van der Waals surface area contributed by atoms with Gasteiger partial charge in [0.25, 0.3) is 5.69 Å². The van der Waals surface area contributed by atoms with Gasteiger partial charge in [0.1, 0.15) is 0 Å². The van der Waals surface area contributed by atoms with E-state index in [-0.39, 0.29) is 10.6 Å². The lowest BCUT2D eigenvalue weighted by atomic mass is 9.45. The van der Waals surface area contributed by atoms with E-state index in [4.69, 9.17) is 15.0 Å². The average Bonchev–Trinajstić information content (AvgIpc) is 3.31. The summed E-state index contributed by atoms with van der Waals surface area (Å²) >= 11 is 0. The molecule has 4 fully saturated rings. The van der Waals surface area contributed by atoms with Gasteiger partial charge in [-0.05, 0) is 80.3 Å². The number of nitrogens with one attached hydrogen (secondary N) is 3. The molecule has 3 heterocycles. The Morgan fingerprint density at radius 3 is 2.69 bits per heavy atom. The van der Waals surface area contributed by atoms with Crippen molar-refractivity contribution in [1.82, 2.24) is 20.3 Å². The Kier molecular flexibility index (Phi) is 5.94. The summed E-state index contributed by atoms with van der Waals surface area (Å²) in [7, 11) is 0. The molecule has 2 aliphatic heterocycles. The van der Waals surface area contributed by atoms with Crippen molar-refractivity contribution in [3.8, 4) is 0 Å². The van der Waals surface area contributed by atoms with Crippen LogP contribution < -0.4 is 20.9 Å². The Hall–Kier alpha value is -3.01. The van der Waals surface area contributed by atoms with Gasteiger partial charge < -0.3 is 20.9 Å². The number of piperidine rings is 1. The summed E-state index contributed by atoms with van der Waals surface area (Å²) in [5, 5.41) is 21.9. The smallest absolute Gasteiger partial charge is 0.271 e. The zero-order valence-electron chi connectivity index (χ0n) is 21.2. The molecule has 0 amide bonds. The molecule has 7 rings (SSSR count). The molecule has 2 aromatic rings. The molecule has 5 aliphatic rings. The summed E-state index contributed by atoms with van der Waals surface area (Å²) in [4.78, 5) is 27.4. The van der Waals surface area contributed by atoms with Crippen LogP contribution in [0.15, 0.2) is 18.2 Å². The number of hydrogen-bond donors (Lipinski definition) is 3. The van der Waals surface area contributed by atoms with Crippen molar-refractivity contribution in [3.63, 3.8) is 0 Å². The number of nitro benzene ring substituents is 1. The monoisotopic (exact) mass is 492 g/mol. The fraction of sp³-hybridized carbons (Fsp3) is 0.654. The highest BCUT2D eigenvalue weighted by Crippen LogP contribution is 2.61. The standard InChI is InChI=1S/C26H36N8O2/c1-26(2)18-5-3-17(21(26)13-18)15-28-23-30-24(29-19-7-10-27-11-8-19)32-25(31-23)33-12-9-16-4-6-20(34(35)36)14-22(16)33/h4,6,14,17-19,21,27H,3,5,7-13,15H2,1-2H3,(H2,28,29,30,31,32)/t17-,18+,21-/m0/s1. The largest absolute Gasteiger partial charge is 0.354 e. The van der Waals surface area contributed by atoms with Gasteiger partial charge in [0.2, 0.25) is 17.8 Å². The van der Waals surface area contributed by atoms with Gasteiger partial charge in [-0.25, -0.2) is 0 Å². The highest BCUT2D eigenvalue weighted by molar-refractivity contribution is 5.69. The summed E-state index contributed by atoms with van der Waals surface area (Å²) in [6.45, 7) is 8.34. The summed E-state index contributed by atoms with van der Waals surface area (Å²) < 4.78 is 0. The topological polar surface area (TPSA) is 121 Å². The molecule has 3 N–H and O–H groups in total. The van der Waals surface area contributed by atoms with Crippen LogP contribution in [0.25, 0.3) is 0 Å². The van der Waals surface area contributed by atoms with Crippen LogP contribution in [0.2, 0.25) is 0 Å². The van der Waals surface area contributed by atoms with Crippen LogP contribution in [-0.4, -0.2) is 52.1 Å². The van der Waals surface area contributed by atoms with Gasteiger partial charge in [-0.2, -0.15) is 15.0 Å². The van der Waals surface area contributed by atoms with Gasteiger partial charge in [0, 0.05) is 31.3 Å². The van der Waals surface area contributed by atoms with Gasteiger partial charge in [0.05, 0.1) is 10.6 Å². The molecule has 1 aromatic carbocycles. The molecule has 3 atom stereocenters. The maximum atomic E-state index is 11.4. The third-order valence-electron chi connectivity index (χ3n) is 9.24. The first kappa shape index (κ1) is 23.4. The third-order valence-corrected chi connectivity index (χ3v) is 9.24. The molecule has 10 heteroatoms. The molecule has 1 saturated heterocycles. The molecule has 10 nitrogen and oxygen atoms in total. The van der Waals surface area contributed by atoms with E-state index < -0.39 is 0 Å². The second kappa shape index (κ2) is 9.14. The fourth-order valence-electron chi connectivity index (χ4n) is 6.90. The summed E-state index contributed by atoms with van der Waals surface area (Å²) in [5.41, 5.74) is 2.40. The minimum Gasteiger partial charge on any atom is -0.354 e. The molecule has 0 spiro atoms. The summed E-state index contributed by atoms with van der Waals surface area (Å²) in [6.07, 6.45) is 6.74. The quantitative estimate of drug-likeness (QED) is 0.387. The molecule has 0 radical (unpaired) electrons. The number of non-ortho nitro benzene ring substituents is 1. The van der Waals surface area contributed by atoms with E-state index in [0.29, 0.717) is 41.8 Å². The van der Waals surface area contributed by atoms with Crippen molar-refractivity contribution < 1.29 is 4.92 Å². The third kappa shape index (κ3) is 4.25. The Balaban J connectivity index is 1.27. The maximum absolute atomic E-state index is 11.4. The number of anilines is 4. The number of rotatable bonds is 7. The first-order chi connectivity index (χ1) is 17.4. The van der Waals surface area contributed by atoms with Crippen LogP contribution in [0.1, 0.15) is 51.5 Å². The van der Waals surface area contributed by atoms with E-state index in [1.165, 1.54) is 19.3 Å². The van der Waals surface area contributed by atoms with Gasteiger partial charge in [-0.15, -0.1) is 0 Å². The van der Waals surface area contributed by atoms with Gasteiger partial charge >= 0.3 is 0 Å². The molecule has 2 bridgehead atoms. The van der Waals surface area contributed by atoms with Gasteiger partial charge in [-0.3, -0.25) is 10.1 Å². The lowest BCUT2D eigenvalue weighted by molar-refractivity contribution is -0.384. The van der Waals surface area contributed by atoms with Crippen LogP contribution in [0.4, 0.5) is 29.2 Å². The minimum atomic E-state index is -0.349. The van der Waals surface area contributed by atoms with E-state index in [1.807, 2.05) is 11.0 Å². The lowest BCUT2D eigenvalue weighted by Gasteiger charge is -2.60. The van der Waals surface area contributed by atoms with Crippen LogP contribution in [0.3, 0.4) is 0 Å². The second-order valence-electron chi connectivity index (χ2n) is 11.5. The van der Waals surface area contributed by atoms with E-state index in [9.17, 15) is 10.1 Å². The zero-order chi connectivity index (χ0) is 24.9. The molecule has 192 valence electrons. The van der Waals surface area contributed by atoms with Gasteiger partial charge in [-0.1, -0.05) is 19.9 Å². The lowest BCUT2D eigenvalue weighted by Crippen LogP contribution is -2.53. The number of benzene rings is 1. The first-order valence-electron chi connectivity index (χ1n) is 13.4. The molecule has 3 saturated carbocycles. The zero-order valence-corrected chi connectivity index (χ0v) is 21.2. The number of nitro groups is 1. The molecule has 0 unspecified atom stereocenters. The SMILES string of the molecule is CC1(C)[C@@H]2CC[C@@H](CNc3nc(NC4CCNCC4)nc(N4CCc5ccc([N+](=O)[O-])cc54)n3)[C@@H]1C2. The average molecular weight is 493 g/mol.